The van der Waals surface area contributed by atoms with Crippen LogP contribution in [0.3, 0.4) is 0 Å². The number of likely N-dealkylation sites (tertiary alicyclic amines) is 1. The molecule has 0 saturated carbocycles. The molecule has 2 rings (SSSR count). The van der Waals surface area contributed by atoms with Crippen LogP contribution in [0.1, 0.15) is 18.4 Å². The monoisotopic (exact) mass is 311 g/mol. The summed E-state index contributed by atoms with van der Waals surface area (Å²) in [6.07, 6.45) is 2.21. The maximum atomic E-state index is 12.6. The summed E-state index contributed by atoms with van der Waals surface area (Å²) in [6, 6.07) is 7.43. The molecule has 0 bridgehead atoms. The Balaban J connectivity index is 2.09. The van der Waals surface area contributed by atoms with E-state index in [1.807, 2.05) is 19.2 Å². The van der Waals surface area contributed by atoms with E-state index in [1.54, 1.807) is 19.2 Å². The van der Waals surface area contributed by atoms with Crippen LogP contribution in [0, 0.1) is 0 Å². The lowest BCUT2D eigenvalue weighted by molar-refractivity contribution is 0.271. The molecule has 1 unspecified atom stereocenters. The van der Waals surface area contributed by atoms with Crippen LogP contribution in [0.15, 0.2) is 29.2 Å². The van der Waals surface area contributed by atoms with Crippen LogP contribution in [0.4, 0.5) is 0 Å². The van der Waals surface area contributed by atoms with Crippen molar-refractivity contribution >= 4 is 10.0 Å². The fourth-order valence-corrected chi connectivity index (χ4v) is 3.98. The van der Waals surface area contributed by atoms with Gasteiger partial charge in [-0.3, -0.25) is 0 Å². The number of nitrogens with zero attached hydrogens (tertiary/aromatic N) is 2. The van der Waals surface area contributed by atoms with Gasteiger partial charge in [0.05, 0.1) is 4.90 Å². The number of hydrogen-bond donors (Lipinski definition) is 1. The molecule has 6 heteroatoms. The first-order valence-electron chi connectivity index (χ1n) is 7.35. The Hall–Kier alpha value is -0.950. The summed E-state index contributed by atoms with van der Waals surface area (Å²) < 4.78 is 26.7. The molecule has 1 atom stereocenters. The van der Waals surface area contributed by atoms with E-state index in [0.717, 1.165) is 31.5 Å². The van der Waals surface area contributed by atoms with Crippen LogP contribution in [0.25, 0.3) is 0 Å². The minimum Gasteiger partial charge on any atom is -0.316 e. The molecule has 1 aromatic carbocycles. The molecule has 0 radical (unpaired) electrons. The van der Waals surface area contributed by atoms with E-state index in [4.69, 9.17) is 0 Å². The Morgan fingerprint density at radius 3 is 2.52 bits per heavy atom. The Morgan fingerprint density at radius 1 is 1.33 bits per heavy atom. The number of hydrogen-bond acceptors (Lipinski definition) is 4. The number of likely N-dealkylation sites (N-methyl/N-ethyl adjacent to an activating group) is 2. The lowest BCUT2D eigenvalue weighted by atomic mass is 10.2. The fraction of sp³-hybridized carbons (Fsp3) is 0.600. The van der Waals surface area contributed by atoms with E-state index in [1.165, 1.54) is 4.31 Å². The molecule has 0 aliphatic carbocycles. The topological polar surface area (TPSA) is 52.7 Å². The van der Waals surface area contributed by atoms with Gasteiger partial charge in [0, 0.05) is 26.2 Å². The smallest absolute Gasteiger partial charge is 0.242 e. The van der Waals surface area contributed by atoms with Gasteiger partial charge in [-0.15, -0.1) is 0 Å². The third-order valence-electron chi connectivity index (χ3n) is 4.15. The van der Waals surface area contributed by atoms with Gasteiger partial charge in [0.1, 0.15) is 0 Å². The summed E-state index contributed by atoms with van der Waals surface area (Å²) in [4.78, 5) is 2.60. The summed E-state index contributed by atoms with van der Waals surface area (Å²) in [7, 11) is 2.21. The van der Waals surface area contributed by atoms with Crippen molar-refractivity contribution in [3.8, 4) is 0 Å². The van der Waals surface area contributed by atoms with Crippen molar-refractivity contribution in [3.05, 3.63) is 29.8 Å². The third kappa shape index (κ3) is 3.83. The Morgan fingerprint density at radius 2 is 2.00 bits per heavy atom. The van der Waals surface area contributed by atoms with Gasteiger partial charge in [-0.05, 0) is 51.2 Å². The molecular formula is C15H25N3O2S. The van der Waals surface area contributed by atoms with Crippen molar-refractivity contribution in [1.29, 1.82) is 0 Å². The molecule has 21 heavy (non-hydrogen) atoms. The maximum absolute atomic E-state index is 12.6. The van der Waals surface area contributed by atoms with Crippen LogP contribution in [0.2, 0.25) is 0 Å². The van der Waals surface area contributed by atoms with Gasteiger partial charge in [-0.1, -0.05) is 12.1 Å². The Kier molecular flexibility index (Phi) is 5.37. The predicted molar refractivity (Wildman–Crippen MR) is 84.7 cm³/mol. The van der Waals surface area contributed by atoms with Crippen LogP contribution >= 0.6 is 0 Å². The molecule has 0 amide bonds. The summed E-state index contributed by atoms with van der Waals surface area (Å²) in [5.74, 6) is 0. The van der Waals surface area contributed by atoms with Crippen LogP contribution in [-0.2, 0) is 16.6 Å². The largest absolute Gasteiger partial charge is 0.316 e. The highest BCUT2D eigenvalue weighted by Gasteiger charge is 2.27. The van der Waals surface area contributed by atoms with Crippen molar-refractivity contribution < 1.29 is 8.42 Å². The van der Waals surface area contributed by atoms with Crippen molar-refractivity contribution in [1.82, 2.24) is 14.5 Å². The van der Waals surface area contributed by atoms with E-state index in [2.05, 4.69) is 17.3 Å². The maximum Gasteiger partial charge on any atom is 0.242 e. The average Bonchev–Trinajstić information content (AvgIpc) is 2.85. The first-order valence-corrected chi connectivity index (χ1v) is 8.79. The average molecular weight is 311 g/mol. The molecule has 1 heterocycles. The Labute approximate surface area is 128 Å². The molecule has 118 valence electrons. The van der Waals surface area contributed by atoms with E-state index in [9.17, 15) is 8.42 Å². The van der Waals surface area contributed by atoms with Crippen molar-refractivity contribution in [3.63, 3.8) is 0 Å². The van der Waals surface area contributed by atoms with E-state index < -0.39 is 10.0 Å². The first-order chi connectivity index (χ1) is 9.95. The van der Waals surface area contributed by atoms with Crippen molar-refractivity contribution in [2.24, 2.45) is 0 Å². The fourth-order valence-electron chi connectivity index (χ4n) is 2.77. The van der Waals surface area contributed by atoms with Gasteiger partial charge >= 0.3 is 0 Å². The molecule has 1 aromatic rings. The number of nitrogens with one attached hydrogen (secondary N) is 1. The molecular weight excluding hydrogens is 286 g/mol. The summed E-state index contributed by atoms with van der Waals surface area (Å²) in [5.41, 5.74) is 1.08. The molecule has 0 aromatic heterocycles. The zero-order chi connectivity index (χ0) is 15.5. The lowest BCUT2D eigenvalue weighted by Gasteiger charge is -2.25. The number of benzene rings is 1. The number of rotatable bonds is 6. The van der Waals surface area contributed by atoms with Crippen molar-refractivity contribution in [2.45, 2.75) is 30.3 Å². The molecule has 1 saturated heterocycles. The SMILES string of the molecule is CNCc1ccc(S(=O)(=O)N(C)CC2CCCN2C)cc1. The van der Waals surface area contributed by atoms with Gasteiger partial charge < -0.3 is 10.2 Å². The molecule has 1 fully saturated rings. The van der Waals surface area contributed by atoms with Crippen molar-refractivity contribution in [2.75, 3.05) is 34.2 Å². The highest BCUT2D eigenvalue weighted by Crippen LogP contribution is 2.20. The van der Waals surface area contributed by atoms with Gasteiger partial charge in [-0.25, -0.2) is 8.42 Å². The minimum absolute atomic E-state index is 0.327. The number of sulfonamides is 1. The minimum atomic E-state index is -3.40. The van der Waals surface area contributed by atoms with E-state index >= 15 is 0 Å². The standard InChI is InChI=1S/C15H25N3O2S/c1-16-11-13-6-8-15(9-7-13)21(19,20)18(3)12-14-5-4-10-17(14)2/h6-9,14,16H,4-5,10-12H2,1-3H3. The quantitative estimate of drug-likeness (QED) is 0.855. The zero-order valence-corrected chi connectivity index (χ0v) is 13.9. The summed E-state index contributed by atoms with van der Waals surface area (Å²) >= 11 is 0. The van der Waals surface area contributed by atoms with Crippen LogP contribution in [0.5, 0.6) is 0 Å². The molecule has 1 aliphatic heterocycles. The van der Waals surface area contributed by atoms with Crippen LogP contribution in [-0.4, -0.2) is 57.9 Å². The lowest BCUT2D eigenvalue weighted by Crippen LogP contribution is -2.39. The second kappa shape index (κ2) is 6.87. The molecule has 1 N–H and O–H groups in total. The third-order valence-corrected chi connectivity index (χ3v) is 5.99. The van der Waals surface area contributed by atoms with Crippen LogP contribution < -0.4 is 5.32 Å². The molecule has 1 aliphatic rings. The first kappa shape index (κ1) is 16.4. The molecule has 5 nitrogen and oxygen atoms in total. The second-order valence-corrected chi connectivity index (χ2v) is 7.78. The summed E-state index contributed by atoms with van der Waals surface area (Å²) in [6.45, 7) is 2.34. The zero-order valence-electron chi connectivity index (χ0n) is 13.0. The highest BCUT2D eigenvalue weighted by atomic mass is 32.2. The van der Waals surface area contributed by atoms with Gasteiger partial charge in [0.25, 0.3) is 0 Å². The van der Waals surface area contributed by atoms with Gasteiger partial charge in [0.2, 0.25) is 10.0 Å². The predicted octanol–water partition coefficient (Wildman–Crippen LogP) is 1.12. The van der Waals surface area contributed by atoms with E-state index in [0.29, 0.717) is 17.5 Å². The van der Waals surface area contributed by atoms with E-state index in [-0.39, 0.29) is 0 Å². The summed E-state index contributed by atoms with van der Waals surface area (Å²) in [5, 5.41) is 3.05. The molecule has 0 spiro atoms. The van der Waals surface area contributed by atoms with Gasteiger partial charge in [-0.2, -0.15) is 4.31 Å². The van der Waals surface area contributed by atoms with Gasteiger partial charge in [0.15, 0.2) is 0 Å². The Bertz CT molecular complexity index is 557. The second-order valence-electron chi connectivity index (χ2n) is 5.74. The normalized spacial score (nSPS) is 20.3. The highest BCUT2D eigenvalue weighted by molar-refractivity contribution is 7.89.